The van der Waals surface area contributed by atoms with E-state index in [0.29, 0.717) is 32.1 Å². The van der Waals surface area contributed by atoms with Gasteiger partial charge >= 0.3 is 0 Å². The first-order chi connectivity index (χ1) is 41.7. The van der Waals surface area contributed by atoms with Crippen molar-refractivity contribution >= 4 is 0 Å². The molecule has 0 unspecified atom stereocenters. The van der Waals surface area contributed by atoms with E-state index >= 15 is 0 Å². The van der Waals surface area contributed by atoms with Crippen LogP contribution in [0, 0.1) is 45.3 Å². The van der Waals surface area contributed by atoms with Crippen molar-refractivity contribution in [2.45, 2.75) is 284 Å². The summed E-state index contributed by atoms with van der Waals surface area (Å²) >= 11 is 0. The largest absolute Gasteiger partial charge is 0.394 e. The number of hydrogen-bond donors (Lipinski definition) is 19. The number of hydrogen-bond acceptors (Lipinski definition) is 29. The Bertz CT molecular complexity index is 2340. The normalized spacial score (nSPS) is 51.8. The lowest BCUT2D eigenvalue weighted by Crippen LogP contribution is -2.66. The van der Waals surface area contributed by atoms with Crippen molar-refractivity contribution in [2.24, 2.45) is 45.3 Å². The van der Waals surface area contributed by atoms with E-state index in [1.54, 1.807) is 0 Å². The molecule has 5 saturated heterocycles. The summed E-state index contributed by atoms with van der Waals surface area (Å²) in [6.07, 6.45) is -37.7. The molecule has 516 valence electrons. The third-order valence-corrected chi connectivity index (χ3v) is 22.9. The highest BCUT2D eigenvalue weighted by Gasteiger charge is 2.71. The van der Waals surface area contributed by atoms with Gasteiger partial charge in [0.1, 0.15) is 122 Å². The molecule has 5 heterocycles. The summed E-state index contributed by atoms with van der Waals surface area (Å²) in [6, 6.07) is 0. The van der Waals surface area contributed by atoms with Crippen molar-refractivity contribution in [3.05, 3.63) is 11.6 Å². The Labute approximate surface area is 517 Å². The highest BCUT2D eigenvalue weighted by molar-refractivity contribution is 5.32. The average Bonchev–Trinajstić information content (AvgIpc) is 1.66. The molecule has 0 spiro atoms. The van der Waals surface area contributed by atoms with E-state index in [4.69, 9.17) is 47.4 Å². The average molecular weight is 1290 g/mol. The molecule has 4 aliphatic carbocycles. The molecule has 89 heavy (non-hydrogen) atoms. The highest BCUT2D eigenvalue weighted by atomic mass is 16.8. The van der Waals surface area contributed by atoms with Gasteiger partial charge in [0.25, 0.3) is 0 Å². The maximum Gasteiger partial charge on any atom is 0.187 e. The molecule has 29 nitrogen and oxygen atoms in total. The van der Waals surface area contributed by atoms with Crippen LogP contribution in [0.15, 0.2) is 11.6 Å². The maximum absolute atomic E-state index is 12.8. The standard InChI is InChI=1S/C60H102O29/c1-23(9-13-35(57(4,5)79)87-55-50(89-54-47(77)42(72)38(68)29(20-63)83-54)43(73)39(69)31(85-55)22-80-51-45(75)40(70)36(66)27(18-61)81-51)24-15-16-58(6)32-12-10-25-26(60(32,8)33(65)17-59(24,58)7)11-14-34(56(25,2)3)86-52-48(78)44(74)49(30(21-64)84-52)88-53-46(76)41(71)37(67)28(19-62)82-53/h10,23-24,26-55,61-79H,9,11-22H2,1-8H3/t23-,24-,26-,27-,28-,29-,30-,31-,32-,33-,34+,35-,36-,37-,38-,39-,40+,41+,42+,43+,44-,45-,46-,47-,48-,49-,50-,51-,52+,53+,54+,55+,58+,59-,60+/m0/s1. The molecule has 9 rings (SSSR count). The van der Waals surface area contributed by atoms with Gasteiger partial charge in [-0.1, -0.05) is 53.2 Å². The summed E-state index contributed by atoms with van der Waals surface area (Å²) in [5, 5.41) is 205. The molecule has 8 fully saturated rings. The summed E-state index contributed by atoms with van der Waals surface area (Å²) in [6.45, 7) is 12.3. The van der Waals surface area contributed by atoms with Gasteiger partial charge in [0.15, 0.2) is 31.5 Å². The van der Waals surface area contributed by atoms with Crippen LogP contribution < -0.4 is 0 Å². The van der Waals surface area contributed by atoms with E-state index < -0.39 is 227 Å². The Kier molecular flexibility index (Phi) is 22.3. The third kappa shape index (κ3) is 13.0. The zero-order chi connectivity index (χ0) is 65.5. The number of aliphatic hydroxyl groups is 19. The van der Waals surface area contributed by atoms with Gasteiger partial charge < -0.3 is 144 Å². The number of aliphatic hydroxyl groups excluding tert-OH is 18. The first-order valence-electron chi connectivity index (χ1n) is 31.6. The van der Waals surface area contributed by atoms with Crippen LogP contribution in [-0.4, -0.2) is 308 Å². The lowest BCUT2D eigenvalue weighted by molar-refractivity contribution is -0.380. The van der Waals surface area contributed by atoms with Crippen LogP contribution >= 0.6 is 0 Å². The number of rotatable bonds is 20. The molecule has 29 heteroatoms. The van der Waals surface area contributed by atoms with Gasteiger partial charge in [-0.3, -0.25) is 0 Å². The summed E-state index contributed by atoms with van der Waals surface area (Å²) < 4.78 is 59.5. The Balaban J connectivity index is 0.884. The minimum Gasteiger partial charge on any atom is -0.394 e. The van der Waals surface area contributed by atoms with E-state index in [-0.39, 0.29) is 35.5 Å². The van der Waals surface area contributed by atoms with Gasteiger partial charge in [-0.2, -0.15) is 0 Å². The zero-order valence-corrected chi connectivity index (χ0v) is 51.8. The van der Waals surface area contributed by atoms with E-state index in [0.717, 1.165) is 18.4 Å². The van der Waals surface area contributed by atoms with E-state index in [9.17, 15) is 97.0 Å². The second kappa shape index (κ2) is 27.6. The lowest BCUT2D eigenvalue weighted by atomic mass is 9.38. The number of ether oxygens (including phenoxy) is 10. The number of allylic oxidation sites excluding steroid dienone is 1. The first kappa shape index (κ1) is 71.9. The number of fused-ring (bicyclic) bond motifs is 5. The summed E-state index contributed by atoms with van der Waals surface area (Å²) in [5.74, 6) is -0.0172. The van der Waals surface area contributed by atoms with Gasteiger partial charge in [0.2, 0.25) is 0 Å². The summed E-state index contributed by atoms with van der Waals surface area (Å²) in [5.41, 5.74) is -2.49. The van der Waals surface area contributed by atoms with Crippen LogP contribution in [0.2, 0.25) is 0 Å². The molecule has 0 bridgehead atoms. The molecule has 35 atom stereocenters. The highest BCUT2D eigenvalue weighted by Crippen LogP contribution is 2.75. The molecular formula is C60H102O29. The van der Waals surface area contributed by atoms with Gasteiger partial charge in [-0.15, -0.1) is 0 Å². The lowest BCUT2D eigenvalue weighted by Gasteiger charge is -2.67. The van der Waals surface area contributed by atoms with Gasteiger partial charge in [-0.05, 0) is 99.7 Å². The molecule has 19 N–H and O–H groups in total. The smallest absolute Gasteiger partial charge is 0.187 e. The van der Waals surface area contributed by atoms with Gasteiger partial charge in [-0.25, -0.2) is 0 Å². The predicted octanol–water partition coefficient (Wildman–Crippen LogP) is -5.41. The van der Waals surface area contributed by atoms with Gasteiger partial charge in [0.05, 0.1) is 56.9 Å². The van der Waals surface area contributed by atoms with Crippen molar-refractivity contribution < 1.29 is 144 Å². The molecule has 0 radical (unpaired) electrons. The molecule has 0 amide bonds. The topological polar surface area (TPSA) is 477 Å². The van der Waals surface area contributed by atoms with Crippen molar-refractivity contribution in [2.75, 3.05) is 33.0 Å². The minimum absolute atomic E-state index is 0.0310. The Morgan fingerprint density at radius 3 is 1.52 bits per heavy atom. The van der Waals surface area contributed by atoms with Crippen LogP contribution in [0.4, 0.5) is 0 Å². The molecular weight excluding hydrogens is 1180 g/mol. The second-order valence-electron chi connectivity index (χ2n) is 28.7. The van der Waals surface area contributed by atoms with E-state index in [1.807, 2.05) is 13.8 Å². The second-order valence-corrected chi connectivity index (χ2v) is 28.7. The van der Waals surface area contributed by atoms with Gasteiger partial charge in [0, 0.05) is 10.8 Å². The van der Waals surface area contributed by atoms with Crippen molar-refractivity contribution in [1.82, 2.24) is 0 Å². The van der Waals surface area contributed by atoms with Crippen LogP contribution in [-0.2, 0) is 47.4 Å². The molecule has 9 aliphatic rings. The first-order valence-corrected chi connectivity index (χ1v) is 31.6. The fourth-order valence-corrected chi connectivity index (χ4v) is 17.1. The SMILES string of the molecule is C[C@@H](CC[C@H](O[C@H]1O[C@@H](CO[C@H]2O[C@@H](CO)[C@H](O)[C@@H](O)[C@@H]2O)[C@H](O)[C@@H](O)[C@@H]1O[C@H]1O[C@@H](CO)[C@H](O)[C@@H](O)[C@@H]1O)C(C)(C)O)[C@@H]1CC[C@]2(C)[C@@H]3CC=C4[C@H](CC[C@@H](O[C@H]5O[C@@H](CO)[C@H](O[C@H]6O[C@@H](CO)[C@H](O)[C@@H](O)[C@@H]6O)[C@@H](O)[C@@H]5O)C4(C)C)[C@@]3(C)[C@@H](O)C[C@@]12C. The monoisotopic (exact) mass is 1290 g/mol. The Morgan fingerprint density at radius 2 is 0.978 bits per heavy atom. The van der Waals surface area contributed by atoms with Crippen LogP contribution in [0.3, 0.4) is 0 Å². The van der Waals surface area contributed by atoms with Crippen molar-refractivity contribution in [3.8, 4) is 0 Å². The predicted molar refractivity (Wildman–Crippen MR) is 300 cm³/mol. The Hall–Kier alpha value is -1.42. The third-order valence-electron chi connectivity index (χ3n) is 22.9. The summed E-state index contributed by atoms with van der Waals surface area (Å²) in [4.78, 5) is 0. The minimum atomic E-state index is -1.96. The maximum atomic E-state index is 12.8. The quantitative estimate of drug-likeness (QED) is 0.0506. The van der Waals surface area contributed by atoms with Crippen molar-refractivity contribution in [1.29, 1.82) is 0 Å². The van der Waals surface area contributed by atoms with Crippen LogP contribution in [0.5, 0.6) is 0 Å². The molecule has 0 aromatic heterocycles. The molecule has 5 aliphatic heterocycles. The summed E-state index contributed by atoms with van der Waals surface area (Å²) in [7, 11) is 0. The fraction of sp³-hybridized carbons (Fsp3) is 0.967. The van der Waals surface area contributed by atoms with E-state index in [2.05, 4.69) is 33.8 Å². The molecule has 0 aromatic carbocycles. The van der Waals surface area contributed by atoms with Crippen LogP contribution in [0.1, 0.15) is 107 Å². The fourth-order valence-electron chi connectivity index (χ4n) is 17.1. The Morgan fingerprint density at radius 1 is 0.517 bits per heavy atom. The van der Waals surface area contributed by atoms with Crippen LogP contribution in [0.25, 0.3) is 0 Å². The zero-order valence-electron chi connectivity index (χ0n) is 51.8. The van der Waals surface area contributed by atoms with Crippen molar-refractivity contribution in [3.63, 3.8) is 0 Å². The molecule has 0 aromatic rings. The van der Waals surface area contributed by atoms with E-state index in [1.165, 1.54) is 13.8 Å². The molecule has 3 saturated carbocycles.